The van der Waals surface area contributed by atoms with E-state index in [1.54, 1.807) is 12.4 Å². The van der Waals surface area contributed by atoms with Crippen molar-refractivity contribution < 1.29 is 0 Å². The molecule has 5 heteroatoms. The Morgan fingerprint density at radius 1 is 1.00 bits per heavy atom. The molecule has 1 aromatic rings. The molecule has 0 saturated carbocycles. The predicted octanol–water partition coefficient (Wildman–Crippen LogP) is 1.62. The van der Waals surface area contributed by atoms with Crippen molar-refractivity contribution in [3.8, 4) is 0 Å². The van der Waals surface area contributed by atoms with Gasteiger partial charge in [-0.15, -0.1) is 0 Å². The first-order chi connectivity index (χ1) is 8.71. The second kappa shape index (κ2) is 7.87. The molecule has 5 nitrogen and oxygen atoms in total. The highest BCUT2D eigenvalue weighted by Crippen LogP contribution is 2.08. The molecule has 0 aromatic carbocycles. The number of hydrogen-bond donors (Lipinski definition) is 1. The molecule has 1 heterocycles. The van der Waals surface area contributed by atoms with Crippen LogP contribution in [0, 0.1) is 0 Å². The summed E-state index contributed by atoms with van der Waals surface area (Å²) in [6.07, 6.45) is 4.45. The van der Waals surface area contributed by atoms with Crippen LogP contribution in [-0.2, 0) is 0 Å². The zero-order chi connectivity index (χ0) is 13.4. The van der Waals surface area contributed by atoms with Crippen LogP contribution in [0.3, 0.4) is 0 Å². The Morgan fingerprint density at radius 2 is 1.61 bits per heavy atom. The minimum atomic E-state index is 0.609. The van der Waals surface area contributed by atoms with Crippen molar-refractivity contribution in [2.24, 2.45) is 0 Å². The molecule has 2 N–H and O–H groups in total. The lowest BCUT2D eigenvalue weighted by atomic mass is 10.3. The lowest BCUT2D eigenvalue weighted by Crippen LogP contribution is -2.30. The number of rotatable bonds is 8. The van der Waals surface area contributed by atoms with E-state index in [1.807, 2.05) is 0 Å². The second-order valence-corrected chi connectivity index (χ2v) is 4.28. The standard InChI is InChI=1S/C13H25N5/c1-4-17(5-2)8-7-9-18(6-3)13-15-10-12(14)11-16-13/h10-11H,4-9,14H2,1-3H3. The quantitative estimate of drug-likeness (QED) is 0.761. The fraction of sp³-hybridized carbons (Fsp3) is 0.692. The van der Waals surface area contributed by atoms with Gasteiger partial charge in [-0.05, 0) is 33.0 Å². The second-order valence-electron chi connectivity index (χ2n) is 4.28. The van der Waals surface area contributed by atoms with Crippen LogP contribution in [0.15, 0.2) is 12.4 Å². The number of nitrogen functional groups attached to an aromatic ring is 1. The minimum Gasteiger partial charge on any atom is -0.396 e. The van der Waals surface area contributed by atoms with Gasteiger partial charge in [0.25, 0.3) is 0 Å². The smallest absolute Gasteiger partial charge is 0.225 e. The molecule has 0 fully saturated rings. The normalized spacial score (nSPS) is 10.9. The van der Waals surface area contributed by atoms with Crippen molar-refractivity contribution in [3.63, 3.8) is 0 Å². The summed E-state index contributed by atoms with van der Waals surface area (Å²) >= 11 is 0. The predicted molar refractivity (Wildman–Crippen MR) is 76.7 cm³/mol. The largest absolute Gasteiger partial charge is 0.396 e. The van der Waals surface area contributed by atoms with E-state index in [9.17, 15) is 0 Å². The van der Waals surface area contributed by atoms with E-state index in [1.165, 1.54) is 0 Å². The third-order valence-corrected chi connectivity index (χ3v) is 3.12. The van der Waals surface area contributed by atoms with Gasteiger partial charge in [-0.1, -0.05) is 13.8 Å². The zero-order valence-electron chi connectivity index (χ0n) is 11.8. The van der Waals surface area contributed by atoms with E-state index in [2.05, 4.69) is 40.5 Å². The Hall–Kier alpha value is -1.36. The summed E-state index contributed by atoms with van der Waals surface area (Å²) in [5.41, 5.74) is 6.20. The summed E-state index contributed by atoms with van der Waals surface area (Å²) < 4.78 is 0. The molecular weight excluding hydrogens is 226 g/mol. The van der Waals surface area contributed by atoms with E-state index >= 15 is 0 Å². The molecule has 0 aliphatic heterocycles. The highest BCUT2D eigenvalue weighted by molar-refractivity contribution is 5.37. The molecule has 1 aromatic heterocycles. The zero-order valence-corrected chi connectivity index (χ0v) is 11.8. The van der Waals surface area contributed by atoms with Gasteiger partial charge in [-0.25, -0.2) is 9.97 Å². The Kier molecular flexibility index (Phi) is 6.43. The molecule has 0 spiro atoms. The van der Waals surface area contributed by atoms with Crippen LogP contribution < -0.4 is 10.6 Å². The summed E-state index contributed by atoms with van der Waals surface area (Å²) in [5.74, 6) is 0.770. The van der Waals surface area contributed by atoms with Gasteiger partial charge in [0.15, 0.2) is 0 Å². The van der Waals surface area contributed by atoms with Crippen LogP contribution in [-0.4, -0.2) is 47.6 Å². The van der Waals surface area contributed by atoms with Crippen molar-refractivity contribution in [1.82, 2.24) is 14.9 Å². The van der Waals surface area contributed by atoms with E-state index in [4.69, 9.17) is 5.73 Å². The van der Waals surface area contributed by atoms with Gasteiger partial charge < -0.3 is 15.5 Å². The molecule has 0 atom stereocenters. The first-order valence-corrected chi connectivity index (χ1v) is 6.76. The molecule has 18 heavy (non-hydrogen) atoms. The number of aromatic nitrogens is 2. The lowest BCUT2D eigenvalue weighted by Gasteiger charge is -2.23. The summed E-state index contributed by atoms with van der Waals surface area (Å²) in [7, 11) is 0. The maximum atomic E-state index is 5.59. The molecule has 0 saturated heterocycles. The Labute approximate surface area is 110 Å². The van der Waals surface area contributed by atoms with Crippen LogP contribution >= 0.6 is 0 Å². The fourth-order valence-corrected chi connectivity index (χ4v) is 1.92. The van der Waals surface area contributed by atoms with Crippen molar-refractivity contribution in [1.29, 1.82) is 0 Å². The summed E-state index contributed by atoms with van der Waals surface area (Å²) in [5, 5.41) is 0. The number of hydrogen-bond acceptors (Lipinski definition) is 5. The summed E-state index contributed by atoms with van der Waals surface area (Å²) in [4.78, 5) is 13.1. The van der Waals surface area contributed by atoms with Gasteiger partial charge in [-0.3, -0.25) is 0 Å². The summed E-state index contributed by atoms with van der Waals surface area (Å²) in [6.45, 7) is 11.8. The minimum absolute atomic E-state index is 0.609. The van der Waals surface area contributed by atoms with Crippen LogP contribution in [0.4, 0.5) is 11.6 Å². The van der Waals surface area contributed by atoms with E-state index < -0.39 is 0 Å². The van der Waals surface area contributed by atoms with Crippen LogP contribution in [0.2, 0.25) is 0 Å². The van der Waals surface area contributed by atoms with Crippen molar-refractivity contribution in [3.05, 3.63) is 12.4 Å². The van der Waals surface area contributed by atoms with Crippen molar-refractivity contribution in [2.75, 3.05) is 43.4 Å². The average Bonchev–Trinajstić information content (AvgIpc) is 2.41. The van der Waals surface area contributed by atoms with Crippen molar-refractivity contribution >= 4 is 11.6 Å². The van der Waals surface area contributed by atoms with E-state index in [0.29, 0.717) is 5.69 Å². The molecule has 102 valence electrons. The third-order valence-electron chi connectivity index (χ3n) is 3.12. The highest BCUT2D eigenvalue weighted by Gasteiger charge is 2.07. The van der Waals surface area contributed by atoms with Gasteiger partial charge in [0, 0.05) is 13.1 Å². The third kappa shape index (κ3) is 4.49. The van der Waals surface area contributed by atoms with Crippen molar-refractivity contribution in [2.45, 2.75) is 27.2 Å². The molecule has 0 unspecified atom stereocenters. The average molecular weight is 251 g/mol. The molecule has 0 radical (unpaired) electrons. The van der Waals surface area contributed by atoms with Gasteiger partial charge in [0.1, 0.15) is 0 Å². The molecule has 0 aliphatic rings. The SMILES string of the molecule is CCN(CC)CCCN(CC)c1ncc(N)cn1. The van der Waals surface area contributed by atoms with Gasteiger partial charge in [-0.2, -0.15) is 0 Å². The summed E-state index contributed by atoms with van der Waals surface area (Å²) in [6, 6.07) is 0. The van der Waals surface area contributed by atoms with E-state index in [-0.39, 0.29) is 0 Å². The monoisotopic (exact) mass is 251 g/mol. The van der Waals surface area contributed by atoms with Crippen LogP contribution in [0.25, 0.3) is 0 Å². The Balaban J connectivity index is 2.44. The maximum Gasteiger partial charge on any atom is 0.225 e. The Bertz CT molecular complexity index is 321. The van der Waals surface area contributed by atoms with Gasteiger partial charge >= 0.3 is 0 Å². The fourth-order valence-electron chi connectivity index (χ4n) is 1.92. The van der Waals surface area contributed by atoms with Gasteiger partial charge in [0.05, 0.1) is 18.1 Å². The van der Waals surface area contributed by atoms with Crippen LogP contribution in [0.5, 0.6) is 0 Å². The van der Waals surface area contributed by atoms with E-state index in [0.717, 1.165) is 45.1 Å². The number of nitrogens with two attached hydrogens (primary N) is 1. The first kappa shape index (κ1) is 14.7. The molecule has 1 rings (SSSR count). The molecular formula is C13H25N5. The van der Waals surface area contributed by atoms with Gasteiger partial charge in [0.2, 0.25) is 5.95 Å². The number of nitrogens with zero attached hydrogens (tertiary/aromatic N) is 4. The Morgan fingerprint density at radius 3 is 2.11 bits per heavy atom. The molecule has 0 bridgehead atoms. The van der Waals surface area contributed by atoms with Crippen LogP contribution in [0.1, 0.15) is 27.2 Å². The highest BCUT2D eigenvalue weighted by atomic mass is 15.2. The molecule has 0 aliphatic carbocycles. The first-order valence-electron chi connectivity index (χ1n) is 6.76. The number of anilines is 2. The maximum absolute atomic E-state index is 5.59. The molecule has 0 amide bonds. The topological polar surface area (TPSA) is 58.3 Å². The lowest BCUT2D eigenvalue weighted by molar-refractivity contribution is 0.300.